The van der Waals surface area contributed by atoms with Crippen molar-refractivity contribution in [2.45, 2.75) is 38.5 Å². The van der Waals surface area contributed by atoms with Crippen LogP contribution in [0.25, 0.3) is 0 Å². The van der Waals surface area contributed by atoms with Gasteiger partial charge in [-0.25, -0.2) is 13.6 Å². The molecule has 3 N–H and O–H groups in total. The molecule has 0 heterocycles. The van der Waals surface area contributed by atoms with Crippen molar-refractivity contribution in [3.63, 3.8) is 0 Å². The normalized spacial score (nSPS) is 11.7. The highest BCUT2D eigenvalue weighted by Crippen LogP contribution is 2.28. The Bertz CT molecular complexity index is 612. The van der Waals surface area contributed by atoms with Gasteiger partial charge in [0, 0.05) is 10.9 Å². The van der Waals surface area contributed by atoms with Gasteiger partial charge in [-0.1, -0.05) is 13.8 Å². The highest BCUT2D eigenvalue weighted by Gasteiger charge is 2.15. The number of anilines is 1. The topological polar surface area (TPSA) is 89.3 Å². The number of nitrogens with two attached hydrogens (primary N) is 1. The van der Waals surface area contributed by atoms with Gasteiger partial charge in [0.25, 0.3) is 0 Å². The summed E-state index contributed by atoms with van der Waals surface area (Å²) in [6.07, 6.45) is 1.23. The van der Waals surface area contributed by atoms with E-state index in [2.05, 4.69) is 21.2 Å². The number of halogens is 1. The van der Waals surface area contributed by atoms with Gasteiger partial charge >= 0.3 is 0 Å². The molecular weight excluding hydrogens is 344 g/mol. The van der Waals surface area contributed by atoms with E-state index in [9.17, 15) is 13.2 Å². The summed E-state index contributed by atoms with van der Waals surface area (Å²) in [5, 5.41) is 7.89. The van der Waals surface area contributed by atoms with Gasteiger partial charge < -0.3 is 5.32 Å². The second-order valence-corrected chi connectivity index (χ2v) is 7.51. The van der Waals surface area contributed by atoms with Gasteiger partial charge in [-0.2, -0.15) is 0 Å². The van der Waals surface area contributed by atoms with Gasteiger partial charge in [-0.05, 0) is 52.9 Å². The Morgan fingerprint density at radius 2 is 2.00 bits per heavy atom. The first-order valence-corrected chi connectivity index (χ1v) is 8.58. The lowest BCUT2D eigenvalue weighted by atomic mass is 10.1. The Hall–Kier alpha value is -0.920. The average Bonchev–Trinajstić information content (AvgIpc) is 2.29. The van der Waals surface area contributed by atoms with Crippen LogP contribution in [0.15, 0.2) is 21.5 Å². The van der Waals surface area contributed by atoms with Crippen molar-refractivity contribution in [3.05, 3.63) is 22.2 Å². The zero-order valence-electron chi connectivity index (χ0n) is 11.7. The Morgan fingerprint density at radius 3 is 2.50 bits per heavy atom. The molecule has 0 aliphatic heterocycles. The van der Waals surface area contributed by atoms with E-state index in [1.54, 1.807) is 13.0 Å². The van der Waals surface area contributed by atoms with Crippen molar-refractivity contribution >= 4 is 37.5 Å². The molecule has 1 aromatic carbocycles. The molecular formula is C13H19BrN2O3S. The number of nitrogens with one attached hydrogen (secondary N) is 1. The van der Waals surface area contributed by atoms with Gasteiger partial charge in [-0.15, -0.1) is 0 Å². The number of primary sulfonamides is 1. The summed E-state index contributed by atoms with van der Waals surface area (Å²) in [7, 11) is -3.77. The van der Waals surface area contributed by atoms with Crippen LogP contribution < -0.4 is 10.5 Å². The van der Waals surface area contributed by atoms with Gasteiger partial charge in [0.2, 0.25) is 15.9 Å². The van der Waals surface area contributed by atoms with Gasteiger partial charge in [-0.3, -0.25) is 4.79 Å². The summed E-state index contributed by atoms with van der Waals surface area (Å²) < 4.78 is 23.3. The number of sulfonamides is 1. The van der Waals surface area contributed by atoms with Crippen molar-refractivity contribution in [2.24, 2.45) is 11.1 Å². The van der Waals surface area contributed by atoms with Crippen LogP contribution in [-0.4, -0.2) is 14.3 Å². The van der Waals surface area contributed by atoms with E-state index in [4.69, 9.17) is 5.14 Å². The third-order valence-electron chi connectivity index (χ3n) is 2.79. The molecule has 0 bridgehead atoms. The molecule has 0 atom stereocenters. The maximum atomic E-state index is 11.8. The number of carbonyl (C=O) groups excluding carboxylic acids is 1. The minimum atomic E-state index is -3.77. The lowest BCUT2D eigenvalue weighted by Crippen LogP contribution is -2.16. The summed E-state index contributed by atoms with van der Waals surface area (Å²) in [6, 6.07) is 3.00. The van der Waals surface area contributed by atoms with E-state index in [1.165, 1.54) is 6.07 Å². The van der Waals surface area contributed by atoms with E-state index in [0.29, 0.717) is 28.1 Å². The van der Waals surface area contributed by atoms with Crippen LogP contribution in [-0.2, 0) is 14.8 Å². The van der Waals surface area contributed by atoms with E-state index in [-0.39, 0.29) is 10.8 Å². The van der Waals surface area contributed by atoms with Crippen molar-refractivity contribution in [3.8, 4) is 0 Å². The molecule has 1 amide bonds. The van der Waals surface area contributed by atoms with Crippen molar-refractivity contribution in [1.82, 2.24) is 0 Å². The molecule has 0 fully saturated rings. The molecule has 0 aliphatic rings. The Balaban J connectivity index is 2.94. The quantitative estimate of drug-likeness (QED) is 0.843. The molecule has 5 nitrogen and oxygen atoms in total. The molecule has 20 heavy (non-hydrogen) atoms. The first-order valence-electron chi connectivity index (χ1n) is 6.24. The highest BCUT2D eigenvalue weighted by atomic mass is 79.9. The third-order valence-corrected chi connectivity index (χ3v) is 4.50. The monoisotopic (exact) mass is 362 g/mol. The number of amides is 1. The van der Waals surface area contributed by atoms with E-state index in [0.717, 1.165) is 6.42 Å². The smallest absolute Gasteiger partial charge is 0.238 e. The number of benzene rings is 1. The molecule has 0 radical (unpaired) electrons. The molecule has 0 aliphatic carbocycles. The van der Waals surface area contributed by atoms with Crippen LogP contribution >= 0.6 is 15.9 Å². The molecule has 7 heteroatoms. The van der Waals surface area contributed by atoms with E-state index in [1.807, 2.05) is 13.8 Å². The molecule has 0 aromatic heterocycles. The minimum absolute atomic E-state index is 0.0459. The molecule has 0 saturated heterocycles. The number of carbonyl (C=O) groups is 1. The Kier molecular flexibility index (Phi) is 5.73. The number of rotatable bonds is 5. The summed E-state index contributed by atoms with van der Waals surface area (Å²) >= 11 is 3.25. The standard InChI is InChI=1S/C13H19BrN2O3S/c1-8(2)4-5-13(17)16-11-6-9(3)12(7-10(11)14)20(15,18)19/h6-8H,4-5H2,1-3H3,(H,16,17)(H2,15,18,19). The van der Waals surface area contributed by atoms with Crippen molar-refractivity contribution in [1.29, 1.82) is 0 Å². The van der Waals surface area contributed by atoms with Gasteiger partial charge in [0.1, 0.15) is 0 Å². The number of aryl methyl sites for hydroxylation is 1. The lowest BCUT2D eigenvalue weighted by Gasteiger charge is -2.12. The van der Waals surface area contributed by atoms with Crippen LogP contribution in [0.3, 0.4) is 0 Å². The van der Waals surface area contributed by atoms with Gasteiger partial charge in [0.15, 0.2) is 0 Å². The highest BCUT2D eigenvalue weighted by molar-refractivity contribution is 9.10. The number of hydrogen-bond acceptors (Lipinski definition) is 3. The largest absolute Gasteiger partial charge is 0.325 e. The molecule has 112 valence electrons. The predicted molar refractivity (Wildman–Crippen MR) is 83.0 cm³/mol. The van der Waals surface area contributed by atoms with Crippen molar-refractivity contribution in [2.75, 3.05) is 5.32 Å². The second-order valence-electron chi connectivity index (χ2n) is 5.12. The third kappa shape index (κ3) is 4.88. The predicted octanol–water partition coefficient (Wildman–Crippen LogP) is 2.78. The first-order chi connectivity index (χ1) is 9.11. The Labute approximate surface area is 128 Å². The van der Waals surface area contributed by atoms with E-state index < -0.39 is 10.0 Å². The average molecular weight is 363 g/mol. The second kappa shape index (κ2) is 6.69. The summed E-state index contributed by atoms with van der Waals surface area (Å²) in [5.41, 5.74) is 1.04. The minimum Gasteiger partial charge on any atom is -0.325 e. The maximum Gasteiger partial charge on any atom is 0.238 e. The number of hydrogen-bond donors (Lipinski definition) is 2. The van der Waals surface area contributed by atoms with Crippen molar-refractivity contribution < 1.29 is 13.2 Å². The van der Waals surface area contributed by atoms with Crippen LogP contribution in [0.1, 0.15) is 32.3 Å². The molecule has 1 rings (SSSR count). The maximum absolute atomic E-state index is 11.8. The molecule has 0 spiro atoms. The lowest BCUT2D eigenvalue weighted by molar-refractivity contribution is -0.116. The van der Waals surface area contributed by atoms with Gasteiger partial charge in [0.05, 0.1) is 10.6 Å². The molecule has 0 unspecified atom stereocenters. The first kappa shape index (κ1) is 17.1. The van der Waals surface area contributed by atoms with Crippen LogP contribution in [0, 0.1) is 12.8 Å². The van der Waals surface area contributed by atoms with Crippen LogP contribution in [0.4, 0.5) is 5.69 Å². The van der Waals surface area contributed by atoms with Crippen LogP contribution in [0.2, 0.25) is 0 Å². The van der Waals surface area contributed by atoms with E-state index >= 15 is 0 Å². The zero-order valence-corrected chi connectivity index (χ0v) is 14.1. The SMILES string of the molecule is Cc1cc(NC(=O)CCC(C)C)c(Br)cc1S(N)(=O)=O. The summed E-state index contributed by atoms with van der Waals surface area (Å²) in [6.45, 7) is 5.73. The fraction of sp³-hybridized carbons (Fsp3) is 0.462. The molecule has 1 aromatic rings. The summed E-state index contributed by atoms with van der Waals surface area (Å²) in [4.78, 5) is 11.8. The van der Waals surface area contributed by atoms with Crippen LogP contribution in [0.5, 0.6) is 0 Å². The molecule has 0 saturated carbocycles. The Morgan fingerprint density at radius 1 is 1.40 bits per heavy atom. The summed E-state index contributed by atoms with van der Waals surface area (Å²) in [5.74, 6) is 0.359. The fourth-order valence-corrected chi connectivity index (χ4v) is 3.08. The zero-order chi connectivity index (χ0) is 15.5. The fourth-order valence-electron chi connectivity index (χ4n) is 1.70.